The zero-order chi connectivity index (χ0) is 32.8. The molecule has 236 valence electrons. The van der Waals surface area contributed by atoms with E-state index in [0.717, 1.165) is 20.2 Å². The van der Waals surface area contributed by atoms with Crippen LogP contribution in [0.25, 0.3) is 20.2 Å². The first-order chi connectivity index (χ1) is 20.7. The zero-order valence-electron chi connectivity index (χ0n) is 25.9. The average Bonchev–Trinajstić information content (AvgIpc) is 3.58. The highest BCUT2D eigenvalue weighted by molar-refractivity contribution is 7.21. The van der Waals surface area contributed by atoms with Gasteiger partial charge in [0, 0.05) is 28.0 Å². The maximum atomic E-state index is 12.3. The maximum absolute atomic E-state index is 12.3. The van der Waals surface area contributed by atoms with Crippen molar-refractivity contribution in [2.24, 2.45) is 5.92 Å². The predicted molar refractivity (Wildman–Crippen MR) is 170 cm³/mol. The molecule has 2 heterocycles. The summed E-state index contributed by atoms with van der Waals surface area (Å²) in [5.41, 5.74) is -0.599. The summed E-state index contributed by atoms with van der Waals surface area (Å²) in [4.78, 5) is 48.1. The van der Waals surface area contributed by atoms with E-state index in [1.165, 1.54) is 29.6 Å². The minimum absolute atomic E-state index is 0.00355. The van der Waals surface area contributed by atoms with Gasteiger partial charge in [-0.3, -0.25) is 19.2 Å². The minimum Gasteiger partial charge on any atom is -0.493 e. The molecule has 0 fully saturated rings. The van der Waals surface area contributed by atoms with Crippen LogP contribution in [0.2, 0.25) is 0 Å². The molecule has 4 aromatic rings. The fraction of sp³-hybridized carbons (Fsp3) is 0.375. The van der Waals surface area contributed by atoms with E-state index in [1.54, 1.807) is 61.3 Å². The third kappa shape index (κ3) is 8.70. The third-order valence-corrected chi connectivity index (χ3v) is 8.51. The zero-order valence-corrected chi connectivity index (χ0v) is 27.5. The number of thiophene rings is 2. The average molecular weight is 645 g/mol. The summed E-state index contributed by atoms with van der Waals surface area (Å²) >= 11 is 2.65. The normalized spacial score (nSPS) is 11.7. The predicted octanol–water partition coefficient (Wildman–Crippen LogP) is 7.05. The van der Waals surface area contributed by atoms with Crippen LogP contribution in [0.1, 0.15) is 59.9 Å². The number of rotatable bonds is 11. The molecule has 1 atom stereocenters. The summed E-state index contributed by atoms with van der Waals surface area (Å²) in [5, 5.41) is 10.6. The number of hydrogen-bond acceptors (Lipinski definition) is 11. The number of Topliss-reactive ketones (excluding diaryl/α,β-unsaturated/α-hetero) is 2. The number of ketones is 2. The number of carbonyl (C=O) groups is 4. The van der Waals surface area contributed by atoms with Crippen LogP contribution in [0.3, 0.4) is 0 Å². The Morgan fingerprint density at radius 1 is 0.705 bits per heavy atom. The van der Waals surface area contributed by atoms with Gasteiger partial charge in [-0.15, -0.1) is 22.7 Å². The molecule has 12 heteroatoms. The van der Waals surface area contributed by atoms with E-state index >= 15 is 0 Å². The summed E-state index contributed by atoms with van der Waals surface area (Å²) in [7, 11) is 6.23. The van der Waals surface area contributed by atoms with Gasteiger partial charge in [-0.25, -0.2) is 0 Å². The number of carbonyl (C=O) groups excluding carboxylic acids is 3. The maximum Gasteiger partial charge on any atom is 0.314 e. The van der Waals surface area contributed by atoms with Crippen LogP contribution in [0.5, 0.6) is 23.0 Å². The van der Waals surface area contributed by atoms with Crippen molar-refractivity contribution in [3.8, 4) is 23.0 Å². The topological polar surface area (TPSA) is 135 Å². The number of ether oxygens (including phenoxy) is 5. The number of esters is 1. The molecule has 1 unspecified atom stereocenters. The second-order valence-electron chi connectivity index (χ2n) is 10.8. The molecule has 4 rings (SSSR count). The van der Waals surface area contributed by atoms with Crippen LogP contribution < -0.4 is 18.9 Å². The highest BCUT2D eigenvalue weighted by Gasteiger charge is 2.22. The van der Waals surface area contributed by atoms with Crippen molar-refractivity contribution < 1.29 is 48.0 Å². The van der Waals surface area contributed by atoms with E-state index < -0.39 is 23.5 Å². The molecule has 0 aliphatic carbocycles. The lowest BCUT2D eigenvalue weighted by Crippen LogP contribution is -2.25. The first-order valence-electron chi connectivity index (χ1n) is 13.5. The van der Waals surface area contributed by atoms with E-state index in [1.807, 2.05) is 24.3 Å². The number of aliphatic carboxylic acids is 1. The van der Waals surface area contributed by atoms with Gasteiger partial charge in [0.1, 0.15) is 12.0 Å². The summed E-state index contributed by atoms with van der Waals surface area (Å²) in [6, 6.07) is 10.8. The van der Waals surface area contributed by atoms with Gasteiger partial charge in [0.15, 0.2) is 34.6 Å². The molecule has 0 amide bonds. The van der Waals surface area contributed by atoms with Gasteiger partial charge in [-0.05, 0) is 55.8 Å². The Bertz CT molecular complexity index is 1590. The second kappa shape index (κ2) is 14.5. The Labute approximate surface area is 263 Å². The molecule has 0 spiro atoms. The van der Waals surface area contributed by atoms with Crippen LogP contribution in [-0.2, 0) is 14.3 Å². The second-order valence-corrected chi connectivity index (χ2v) is 12.9. The van der Waals surface area contributed by atoms with Crippen molar-refractivity contribution in [2.75, 3.05) is 28.4 Å². The number of carboxylic acids is 1. The van der Waals surface area contributed by atoms with Gasteiger partial charge in [-0.2, -0.15) is 0 Å². The molecular formula is C32H36O10S2. The van der Waals surface area contributed by atoms with Crippen molar-refractivity contribution in [1.82, 2.24) is 0 Å². The summed E-state index contributed by atoms with van der Waals surface area (Å²) in [5.74, 6) is -0.181. The lowest BCUT2D eigenvalue weighted by Gasteiger charge is -2.18. The van der Waals surface area contributed by atoms with Gasteiger partial charge < -0.3 is 28.8 Å². The van der Waals surface area contributed by atoms with Crippen LogP contribution in [-0.4, -0.2) is 62.7 Å². The Kier molecular flexibility index (Phi) is 11.3. The molecule has 0 aliphatic heterocycles. The third-order valence-electron chi connectivity index (χ3n) is 6.23. The molecule has 10 nitrogen and oxygen atoms in total. The Balaban J connectivity index is 0.000000241. The van der Waals surface area contributed by atoms with Gasteiger partial charge in [0.2, 0.25) is 0 Å². The van der Waals surface area contributed by atoms with Crippen LogP contribution in [0.4, 0.5) is 0 Å². The standard InChI is InChI=1S/C17H20O5S.C15H16O5S/c1-17(2,3)22-16(19)8-11(18)15-7-10-6-12(20-4)13(21-5)9-14(10)23-15;1-8(15(17)18)4-10(16)14-6-9-5-11(19-2)12(20-3)7-13(9)21-14/h6-7,9H,8H2,1-5H3;5-8H,4H2,1-3H3,(H,17,18). The van der Waals surface area contributed by atoms with E-state index in [2.05, 4.69) is 0 Å². The van der Waals surface area contributed by atoms with E-state index in [9.17, 15) is 19.2 Å². The quantitative estimate of drug-likeness (QED) is 0.103. The first-order valence-corrected chi connectivity index (χ1v) is 15.1. The Hall–Kier alpha value is -4.16. The SMILES string of the molecule is COc1cc2cc(C(=O)CC(=O)OC(C)(C)C)sc2cc1OC.COc1cc2cc(C(=O)CC(C)C(=O)O)sc2cc1OC. The summed E-state index contributed by atoms with van der Waals surface area (Å²) < 4.78 is 27.9. The highest BCUT2D eigenvalue weighted by Crippen LogP contribution is 2.38. The van der Waals surface area contributed by atoms with Crippen molar-refractivity contribution in [3.63, 3.8) is 0 Å². The lowest BCUT2D eigenvalue weighted by atomic mass is 10.0. The number of hydrogen-bond donors (Lipinski definition) is 1. The Morgan fingerprint density at radius 2 is 1.11 bits per heavy atom. The van der Waals surface area contributed by atoms with Crippen molar-refractivity contribution in [2.45, 2.75) is 46.1 Å². The number of benzene rings is 2. The highest BCUT2D eigenvalue weighted by atomic mass is 32.1. The Morgan fingerprint density at radius 3 is 1.50 bits per heavy atom. The summed E-state index contributed by atoms with van der Waals surface area (Å²) in [6.07, 6.45) is -0.269. The molecule has 0 saturated heterocycles. The largest absolute Gasteiger partial charge is 0.493 e. The fourth-order valence-electron chi connectivity index (χ4n) is 4.07. The van der Waals surface area contributed by atoms with Gasteiger partial charge in [-0.1, -0.05) is 6.92 Å². The molecule has 0 bridgehead atoms. The number of carboxylic acid groups (broad SMARTS) is 1. The van der Waals surface area contributed by atoms with E-state index in [0.29, 0.717) is 32.8 Å². The molecule has 0 radical (unpaired) electrons. The fourth-order valence-corrected chi connectivity index (χ4v) is 6.10. The van der Waals surface area contributed by atoms with Gasteiger partial charge >= 0.3 is 11.9 Å². The van der Waals surface area contributed by atoms with Crippen LogP contribution >= 0.6 is 22.7 Å². The van der Waals surface area contributed by atoms with Crippen LogP contribution in [0, 0.1) is 5.92 Å². The molecule has 0 saturated carbocycles. The number of fused-ring (bicyclic) bond motifs is 2. The van der Waals surface area contributed by atoms with Crippen molar-refractivity contribution in [3.05, 3.63) is 46.2 Å². The van der Waals surface area contributed by atoms with Crippen LogP contribution in [0.15, 0.2) is 36.4 Å². The monoisotopic (exact) mass is 644 g/mol. The molecule has 0 aliphatic rings. The first kappa shape index (κ1) is 34.3. The number of methoxy groups -OCH3 is 4. The smallest absolute Gasteiger partial charge is 0.314 e. The lowest BCUT2D eigenvalue weighted by molar-refractivity contribution is -0.153. The van der Waals surface area contributed by atoms with E-state index in [-0.39, 0.29) is 24.4 Å². The summed E-state index contributed by atoms with van der Waals surface area (Å²) in [6.45, 7) is 6.84. The van der Waals surface area contributed by atoms with Gasteiger partial charge in [0.25, 0.3) is 0 Å². The van der Waals surface area contributed by atoms with Gasteiger partial charge in [0.05, 0.1) is 44.1 Å². The molecule has 44 heavy (non-hydrogen) atoms. The van der Waals surface area contributed by atoms with Crippen molar-refractivity contribution in [1.29, 1.82) is 0 Å². The molecule has 2 aromatic heterocycles. The molecule has 1 N–H and O–H groups in total. The van der Waals surface area contributed by atoms with E-state index in [4.69, 9.17) is 28.8 Å². The molecule has 2 aromatic carbocycles. The minimum atomic E-state index is -0.965. The van der Waals surface area contributed by atoms with Crippen molar-refractivity contribution >= 4 is 66.4 Å². The molecular weight excluding hydrogens is 608 g/mol.